The van der Waals surface area contributed by atoms with E-state index in [4.69, 9.17) is 16.1 Å². The molecule has 1 aliphatic heterocycles. The predicted molar refractivity (Wildman–Crippen MR) is 122 cm³/mol. The Hall–Kier alpha value is -3.49. The SMILES string of the molecule is CC1=C(c2nc(-c3cccs3)no2)C(c2ccc(Cl)cc2)NC(=O)N1c1ccc(F)cc1. The highest BCUT2D eigenvalue weighted by Crippen LogP contribution is 2.39. The highest BCUT2D eigenvalue weighted by Gasteiger charge is 2.36. The van der Waals surface area contributed by atoms with E-state index in [2.05, 4.69) is 15.5 Å². The molecule has 2 aromatic carbocycles. The van der Waals surface area contributed by atoms with Gasteiger partial charge in [0, 0.05) is 10.7 Å². The number of urea groups is 1. The molecule has 1 N–H and O–H groups in total. The molecule has 0 saturated heterocycles. The van der Waals surface area contributed by atoms with Crippen LogP contribution in [0.1, 0.15) is 24.4 Å². The number of allylic oxidation sites excluding steroid dienone is 1. The Morgan fingerprint density at radius 3 is 2.56 bits per heavy atom. The number of nitrogens with one attached hydrogen (secondary N) is 1. The molecule has 5 rings (SSSR count). The average molecular weight is 467 g/mol. The molecule has 0 fully saturated rings. The fourth-order valence-electron chi connectivity index (χ4n) is 3.67. The Bertz CT molecular complexity index is 1300. The van der Waals surface area contributed by atoms with Gasteiger partial charge in [-0.1, -0.05) is 35.0 Å². The van der Waals surface area contributed by atoms with E-state index in [1.807, 2.05) is 29.6 Å². The molecule has 3 heterocycles. The monoisotopic (exact) mass is 466 g/mol. The maximum Gasteiger partial charge on any atom is 0.326 e. The topological polar surface area (TPSA) is 71.3 Å². The van der Waals surface area contributed by atoms with Crippen LogP contribution in [0.15, 0.2) is 76.3 Å². The molecule has 2 amide bonds. The van der Waals surface area contributed by atoms with Gasteiger partial charge in [-0.05, 0) is 60.3 Å². The highest BCUT2D eigenvalue weighted by molar-refractivity contribution is 7.13. The van der Waals surface area contributed by atoms with Crippen LogP contribution in [0.25, 0.3) is 16.3 Å². The van der Waals surface area contributed by atoms with Crippen molar-refractivity contribution in [2.45, 2.75) is 13.0 Å². The standard InChI is InChI=1S/C23H16ClFN4O2S/c1-13-19(22-27-21(28-31-22)18-3-2-12-32-18)20(14-4-6-15(24)7-5-14)26-23(30)29(13)17-10-8-16(25)9-11-17/h2-12,20H,1H3,(H,26,30). The zero-order valence-electron chi connectivity index (χ0n) is 16.8. The lowest BCUT2D eigenvalue weighted by molar-refractivity contribution is 0.244. The van der Waals surface area contributed by atoms with E-state index < -0.39 is 6.04 Å². The van der Waals surface area contributed by atoms with Crippen LogP contribution in [-0.4, -0.2) is 16.2 Å². The Kier molecular flexibility index (Phi) is 5.24. The van der Waals surface area contributed by atoms with Crippen LogP contribution >= 0.6 is 22.9 Å². The van der Waals surface area contributed by atoms with Crippen molar-refractivity contribution in [1.82, 2.24) is 15.5 Å². The van der Waals surface area contributed by atoms with Gasteiger partial charge in [0.05, 0.1) is 22.2 Å². The molecule has 2 aromatic heterocycles. The van der Waals surface area contributed by atoms with E-state index >= 15 is 0 Å². The molecule has 1 atom stereocenters. The smallest absolute Gasteiger partial charge is 0.326 e. The quantitative estimate of drug-likeness (QED) is 0.383. The van der Waals surface area contributed by atoms with Crippen LogP contribution in [0.5, 0.6) is 0 Å². The number of carbonyl (C=O) groups excluding carboxylic acids is 1. The molecule has 6 nitrogen and oxygen atoms in total. The number of aromatic nitrogens is 2. The molecule has 160 valence electrons. The lowest BCUT2D eigenvalue weighted by Crippen LogP contribution is -2.46. The molecule has 4 aromatic rings. The summed E-state index contributed by atoms with van der Waals surface area (Å²) in [6.07, 6.45) is 0. The van der Waals surface area contributed by atoms with Crippen molar-refractivity contribution >= 4 is 40.2 Å². The molecule has 9 heteroatoms. The number of hydrogen-bond donors (Lipinski definition) is 1. The van der Waals surface area contributed by atoms with E-state index in [1.165, 1.54) is 28.4 Å². The van der Waals surface area contributed by atoms with Gasteiger partial charge in [-0.15, -0.1) is 11.3 Å². The normalized spacial score (nSPS) is 16.4. The van der Waals surface area contributed by atoms with Crippen LogP contribution in [0.3, 0.4) is 0 Å². The largest absolute Gasteiger partial charge is 0.334 e. The first-order valence-corrected chi connectivity index (χ1v) is 11.0. The number of thiophene rings is 1. The van der Waals surface area contributed by atoms with Crippen molar-refractivity contribution in [1.29, 1.82) is 0 Å². The summed E-state index contributed by atoms with van der Waals surface area (Å²) < 4.78 is 19.1. The number of nitrogens with zero attached hydrogens (tertiary/aromatic N) is 3. The van der Waals surface area contributed by atoms with Gasteiger partial charge in [0.1, 0.15) is 5.82 Å². The van der Waals surface area contributed by atoms with E-state index in [0.29, 0.717) is 27.8 Å². The number of halogens is 2. The maximum atomic E-state index is 13.5. The fraction of sp³-hybridized carbons (Fsp3) is 0.0870. The molecular formula is C23H16ClFN4O2S. The minimum Gasteiger partial charge on any atom is -0.334 e. The zero-order chi connectivity index (χ0) is 22.2. The molecule has 1 aliphatic rings. The van der Waals surface area contributed by atoms with Crippen molar-refractivity contribution in [3.05, 3.63) is 94.0 Å². The van der Waals surface area contributed by atoms with Gasteiger partial charge < -0.3 is 9.84 Å². The summed E-state index contributed by atoms with van der Waals surface area (Å²) in [5.74, 6) is 0.373. The van der Waals surface area contributed by atoms with Crippen molar-refractivity contribution < 1.29 is 13.7 Å². The number of benzene rings is 2. The van der Waals surface area contributed by atoms with Gasteiger partial charge in [0.2, 0.25) is 5.82 Å². The zero-order valence-corrected chi connectivity index (χ0v) is 18.3. The van der Waals surface area contributed by atoms with Crippen molar-refractivity contribution in [3.63, 3.8) is 0 Å². The summed E-state index contributed by atoms with van der Waals surface area (Å²) in [6, 6.07) is 15.8. The van der Waals surface area contributed by atoms with Gasteiger partial charge in [0.15, 0.2) is 0 Å². The third kappa shape index (κ3) is 3.68. The first kappa shape index (κ1) is 20.4. The summed E-state index contributed by atoms with van der Waals surface area (Å²) in [5, 5.41) is 9.65. The number of amides is 2. The second kappa shape index (κ2) is 8.22. The van der Waals surface area contributed by atoms with E-state index in [0.717, 1.165) is 10.4 Å². The van der Waals surface area contributed by atoms with Gasteiger partial charge in [-0.3, -0.25) is 4.90 Å². The van der Waals surface area contributed by atoms with Crippen LogP contribution < -0.4 is 10.2 Å². The van der Waals surface area contributed by atoms with Crippen LogP contribution in [0.4, 0.5) is 14.9 Å². The van der Waals surface area contributed by atoms with Crippen LogP contribution in [-0.2, 0) is 0 Å². The molecule has 0 aliphatic carbocycles. The Balaban J connectivity index is 1.66. The summed E-state index contributed by atoms with van der Waals surface area (Å²) in [7, 11) is 0. The Labute approximate surface area is 191 Å². The first-order chi connectivity index (χ1) is 15.5. The van der Waals surface area contributed by atoms with Crippen LogP contribution in [0.2, 0.25) is 5.02 Å². The second-order valence-electron chi connectivity index (χ2n) is 7.15. The van der Waals surface area contributed by atoms with E-state index in [9.17, 15) is 9.18 Å². The van der Waals surface area contributed by atoms with Gasteiger partial charge in [-0.25, -0.2) is 9.18 Å². The van der Waals surface area contributed by atoms with Crippen molar-refractivity contribution in [2.24, 2.45) is 0 Å². The molecule has 1 unspecified atom stereocenters. The van der Waals surface area contributed by atoms with Gasteiger partial charge in [0.25, 0.3) is 5.89 Å². The lowest BCUT2D eigenvalue weighted by atomic mass is 9.94. The van der Waals surface area contributed by atoms with E-state index in [-0.39, 0.29) is 17.7 Å². The molecule has 0 saturated carbocycles. The average Bonchev–Trinajstić information content (AvgIpc) is 3.47. The molecule has 32 heavy (non-hydrogen) atoms. The van der Waals surface area contributed by atoms with Gasteiger partial charge in [-0.2, -0.15) is 4.98 Å². The van der Waals surface area contributed by atoms with Crippen LogP contribution in [0, 0.1) is 5.82 Å². The maximum absolute atomic E-state index is 13.5. The number of rotatable bonds is 4. The highest BCUT2D eigenvalue weighted by atomic mass is 35.5. The Morgan fingerprint density at radius 1 is 1.12 bits per heavy atom. The molecule has 0 radical (unpaired) electrons. The fourth-order valence-corrected chi connectivity index (χ4v) is 4.44. The summed E-state index contributed by atoms with van der Waals surface area (Å²) in [5.41, 5.74) is 2.58. The van der Waals surface area contributed by atoms with Crippen molar-refractivity contribution in [2.75, 3.05) is 4.90 Å². The third-order valence-corrected chi connectivity index (χ3v) is 6.29. The predicted octanol–water partition coefficient (Wildman–Crippen LogP) is 6.29. The van der Waals surface area contributed by atoms with E-state index in [1.54, 1.807) is 31.2 Å². The molecular weight excluding hydrogens is 451 g/mol. The number of carbonyl (C=O) groups is 1. The third-order valence-electron chi connectivity index (χ3n) is 5.17. The van der Waals surface area contributed by atoms with Crippen molar-refractivity contribution in [3.8, 4) is 10.7 Å². The number of hydrogen-bond acceptors (Lipinski definition) is 5. The second-order valence-corrected chi connectivity index (χ2v) is 8.53. The molecule has 0 bridgehead atoms. The summed E-state index contributed by atoms with van der Waals surface area (Å²) >= 11 is 7.56. The summed E-state index contributed by atoms with van der Waals surface area (Å²) in [6.45, 7) is 1.80. The van der Waals surface area contributed by atoms with Gasteiger partial charge >= 0.3 is 6.03 Å². The summed E-state index contributed by atoms with van der Waals surface area (Å²) in [4.78, 5) is 20.0. The minimum atomic E-state index is -0.534. The minimum absolute atomic E-state index is 0.290. The lowest BCUT2D eigenvalue weighted by Gasteiger charge is -2.35. The Morgan fingerprint density at radius 2 is 1.88 bits per heavy atom. The first-order valence-electron chi connectivity index (χ1n) is 9.71. The number of anilines is 1. The molecule has 0 spiro atoms.